The highest BCUT2D eigenvalue weighted by Gasteiger charge is 2.26. The predicted molar refractivity (Wildman–Crippen MR) is 110 cm³/mol. The van der Waals surface area contributed by atoms with Crippen molar-refractivity contribution in [1.29, 1.82) is 0 Å². The maximum absolute atomic E-state index is 13.2. The molecule has 0 atom stereocenters. The van der Waals surface area contributed by atoms with Crippen molar-refractivity contribution in [2.45, 2.75) is 6.54 Å². The number of amides is 2. The molecule has 0 saturated carbocycles. The van der Waals surface area contributed by atoms with Gasteiger partial charge in [-0.25, -0.2) is 4.39 Å². The summed E-state index contributed by atoms with van der Waals surface area (Å²) in [6.45, 7) is 0.181. The average Bonchev–Trinajstić information content (AvgIpc) is 2.77. The monoisotopic (exact) mass is 406 g/mol. The highest BCUT2D eigenvalue weighted by atomic mass is 19.1. The molecule has 0 fully saturated rings. The fraction of sp³-hybridized carbons (Fsp3) is 0.130. The molecule has 1 aliphatic rings. The van der Waals surface area contributed by atoms with Crippen molar-refractivity contribution in [2.24, 2.45) is 0 Å². The Morgan fingerprint density at radius 2 is 1.90 bits per heavy atom. The van der Waals surface area contributed by atoms with E-state index >= 15 is 0 Å². The number of hydrogen-bond donors (Lipinski definition) is 1. The molecule has 30 heavy (non-hydrogen) atoms. The summed E-state index contributed by atoms with van der Waals surface area (Å²) in [4.78, 5) is 26.7. The number of rotatable bonds is 5. The molecule has 7 heteroatoms. The van der Waals surface area contributed by atoms with E-state index in [1.165, 1.54) is 19.2 Å². The SMILES string of the molecule is COc1ccccc1C(=O)Nc1ccc2c(c1)N(Cc1ccc(F)cc1)C(=O)CO2. The van der Waals surface area contributed by atoms with Gasteiger partial charge in [0.1, 0.15) is 17.3 Å². The van der Waals surface area contributed by atoms with Gasteiger partial charge in [0.15, 0.2) is 6.61 Å². The summed E-state index contributed by atoms with van der Waals surface area (Å²) in [5.74, 6) is 0.103. The van der Waals surface area contributed by atoms with Crippen LogP contribution in [0.25, 0.3) is 0 Å². The molecule has 4 rings (SSSR count). The number of halogens is 1. The Labute approximate surface area is 172 Å². The molecule has 0 aliphatic carbocycles. The third kappa shape index (κ3) is 3.96. The minimum absolute atomic E-state index is 0.0822. The van der Waals surface area contributed by atoms with E-state index in [0.717, 1.165) is 5.56 Å². The predicted octanol–water partition coefficient (Wildman–Crippen LogP) is 4.01. The number of methoxy groups -OCH3 is 1. The van der Waals surface area contributed by atoms with Gasteiger partial charge < -0.3 is 19.7 Å². The maximum atomic E-state index is 13.2. The van der Waals surface area contributed by atoms with Crippen molar-refractivity contribution in [1.82, 2.24) is 0 Å². The molecule has 3 aromatic rings. The lowest BCUT2D eigenvalue weighted by Gasteiger charge is -2.30. The van der Waals surface area contributed by atoms with Crippen molar-refractivity contribution in [3.05, 3.63) is 83.7 Å². The third-order valence-corrected chi connectivity index (χ3v) is 4.77. The summed E-state index contributed by atoms with van der Waals surface area (Å²) in [5, 5.41) is 2.83. The Bertz CT molecular complexity index is 1100. The Morgan fingerprint density at radius 3 is 2.67 bits per heavy atom. The zero-order valence-corrected chi connectivity index (χ0v) is 16.2. The molecule has 6 nitrogen and oxygen atoms in total. The first-order valence-corrected chi connectivity index (χ1v) is 9.31. The molecule has 0 unspecified atom stereocenters. The normalized spacial score (nSPS) is 12.7. The van der Waals surface area contributed by atoms with Crippen LogP contribution in [0.3, 0.4) is 0 Å². The van der Waals surface area contributed by atoms with E-state index < -0.39 is 0 Å². The Hall–Kier alpha value is -3.87. The van der Waals surface area contributed by atoms with Crippen LogP contribution in [0, 0.1) is 5.82 Å². The molecule has 0 aromatic heterocycles. The number of nitrogens with zero attached hydrogens (tertiary/aromatic N) is 1. The van der Waals surface area contributed by atoms with Crippen LogP contribution < -0.4 is 19.7 Å². The van der Waals surface area contributed by atoms with Crippen LogP contribution >= 0.6 is 0 Å². The summed E-state index contributed by atoms with van der Waals surface area (Å²) in [7, 11) is 1.50. The molecule has 152 valence electrons. The van der Waals surface area contributed by atoms with Gasteiger partial charge in [0.05, 0.1) is 24.9 Å². The number of carbonyl (C=O) groups is 2. The lowest BCUT2D eigenvalue weighted by Crippen LogP contribution is -2.38. The molecule has 0 saturated heterocycles. The summed E-state index contributed by atoms with van der Waals surface area (Å²) < 4.78 is 24.0. The number of fused-ring (bicyclic) bond motifs is 1. The van der Waals surface area contributed by atoms with E-state index in [4.69, 9.17) is 9.47 Å². The number of ether oxygens (including phenoxy) is 2. The van der Waals surface area contributed by atoms with Crippen molar-refractivity contribution < 1.29 is 23.5 Å². The second-order valence-electron chi connectivity index (χ2n) is 6.73. The van der Waals surface area contributed by atoms with Gasteiger partial charge in [-0.1, -0.05) is 24.3 Å². The van der Waals surface area contributed by atoms with Crippen LogP contribution in [-0.2, 0) is 11.3 Å². The molecule has 1 N–H and O–H groups in total. The summed E-state index contributed by atoms with van der Waals surface area (Å²) in [5.41, 5.74) is 2.22. The minimum atomic E-state index is -0.339. The molecular weight excluding hydrogens is 387 g/mol. The van der Waals surface area contributed by atoms with Gasteiger partial charge in [0.2, 0.25) is 0 Å². The van der Waals surface area contributed by atoms with E-state index in [2.05, 4.69) is 5.32 Å². The first kappa shape index (κ1) is 19.4. The van der Waals surface area contributed by atoms with Crippen molar-refractivity contribution in [3.63, 3.8) is 0 Å². The largest absolute Gasteiger partial charge is 0.496 e. The van der Waals surface area contributed by atoms with Gasteiger partial charge >= 0.3 is 0 Å². The Balaban J connectivity index is 1.60. The maximum Gasteiger partial charge on any atom is 0.265 e. The topological polar surface area (TPSA) is 67.9 Å². The number of anilines is 2. The highest BCUT2D eigenvalue weighted by molar-refractivity contribution is 6.07. The molecule has 0 radical (unpaired) electrons. The van der Waals surface area contributed by atoms with Crippen LogP contribution in [-0.4, -0.2) is 25.5 Å². The number of carbonyl (C=O) groups excluding carboxylic acids is 2. The van der Waals surface area contributed by atoms with Gasteiger partial charge in [-0.15, -0.1) is 0 Å². The standard InChI is InChI=1S/C23H19FN2O4/c1-29-20-5-3-2-4-18(20)23(28)25-17-10-11-21-19(12-17)26(22(27)14-30-21)13-15-6-8-16(24)9-7-15/h2-12H,13-14H2,1H3,(H,25,28). The quantitative estimate of drug-likeness (QED) is 0.695. The molecule has 2 amide bonds. The lowest BCUT2D eigenvalue weighted by atomic mass is 10.1. The van der Waals surface area contributed by atoms with Gasteiger partial charge in [0, 0.05) is 5.69 Å². The second kappa shape index (κ2) is 8.24. The highest BCUT2D eigenvalue weighted by Crippen LogP contribution is 2.36. The average molecular weight is 406 g/mol. The summed E-state index contributed by atoms with van der Waals surface area (Å²) in [6.07, 6.45) is 0. The number of nitrogens with one attached hydrogen (secondary N) is 1. The Morgan fingerprint density at radius 1 is 1.13 bits per heavy atom. The number of para-hydroxylation sites is 1. The van der Waals surface area contributed by atoms with Gasteiger partial charge in [-0.3, -0.25) is 9.59 Å². The fourth-order valence-electron chi connectivity index (χ4n) is 3.26. The second-order valence-corrected chi connectivity index (χ2v) is 6.73. The van der Waals surface area contributed by atoms with Crippen molar-refractivity contribution >= 4 is 23.2 Å². The minimum Gasteiger partial charge on any atom is -0.496 e. The summed E-state index contributed by atoms with van der Waals surface area (Å²) >= 11 is 0. The third-order valence-electron chi connectivity index (χ3n) is 4.77. The van der Waals surface area contributed by atoms with Crippen LogP contribution in [0.15, 0.2) is 66.7 Å². The van der Waals surface area contributed by atoms with Crippen molar-refractivity contribution in [3.8, 4) is 11.5 Å². The fourth-order valence-corrected chi connectivity index (χ4v) is 3.26. The van der Waals surface area contributed by atoms with Crippen LogP contribution in [0.5, 0.6) is 11.5 Å². The smallest absolute Gasteiger partial charge is 0.265 e. The summed E-state index contributed by atoms with van der Waals surface area (Å²) in [6, 6.07) is 18.0. The number of hydrogen-bond acceptors (Lipinski definition) is 4. The van der Waals surface area contributed by atoms with E-state index in [0.29, 0.717) is 28.4 Å². The van der Waals surface area contributed by atoms with Gasteiger partial charge in [-0.05, 0) is 48.0 Å². The van der Waals surface area contributed by atoms with Gasteiger partial charge in [-0.2, -0.15) is 0 Å². The number of benzene rings is 3. The van der Waals surface area contributed by atoms with E-state index in [1.54, 1.807) is 59.5 Å². The molecule has 1 aliphatic heterocycles. The molecule has 3 aromatic carbocycles. The van der Waals surface area contributed by atoms with E-state index in [9.17, 15) is 14.0 Å². The zero-order chi connectivity index (χ0) is 21.1. The first-order valence-electron chi connectivity index (χ1n) is 9.31. The van der Waals surface area contributed by atoms with E-state index in [1.807, 2.05) is 0 Å². The first-order chi connectivity index (χ1) is 14.5. The van der Waals surface area contributed by atoms with Crippen molar-refractivity contribution in [2.75, 3.05) is 23.9 Å². The molecular formula is C23H19FN2O4. The van der Waals surface area contributed by atoms with Crippen LogP contribution in [0.1, 0.15) is 15.9 Å². The molecule has 0 spiro atoms. The molecule has 1 heterocycles. The van der Waals surface area contributed by atoms with Crippen LogP contribution in [0.2, 0.25) is 0 Å². The van der Waals surface area contributed by atoms with E-state index in [-0.39, 0.29) is 30.8 Å². The Kier molecular flexibility index (Phi) is 5.34. The molecule has 0 bridgehead atoms. The van der Waals surface area contributed by atoms with Crippen LogP contribution in [0.4, 0.5) is 15.8 Å². The zero-order valence-electron chi connectivity index (χ0n) is 16.2. The van der Waals surface area contributed by atoms with Gasteiger partial charge in [0.25, 0.3) is 11.8 Å². The lowest BCUT2D eigenvalue weighted by molar-refractivity contribution is -0.121.